The Morgan fingerprint density at radius 2 is 1.80 bits per heavy atom. The minimum atomic E-state index is -0.0416. The van der Waals surface area contributed by atoms with Gasteiger partial charge in [-0.2, -0.15) is 0 Å². The number of fused-ring (bicyclic) bond motifs is 1. The topological polar surface area (TPSA) is 58.1 Å². The second-order valence-electron chi connectivity index (χ2n) is 5.33. The first-order valence-electron chi connectivity index (χ1n) is 7.15. The fourth-order valence-electron chi connectivity index (χ4n) is 2.81. The van der Waals surface area contributed by atoms with Crippen molar-refractivity contribution in [1.29, 1.82) is 0 Å². The third kappa shape index (κ3) is 2.67. The van der Waals surface area contributed by atoms with Crippen LogP contribution in [-0.4, -0.2) is 39.9 Å². The van der Waals surface area contributed by atoms with E-state index in [1.165, 1.54) is 0 Å². The molecule has 1 N–H and O–H groups in total. The molecule has 1 aliphatic heterocycles. The first kappa shape index (κ1) is 13.1. The smallest absolute Gasteiger partial charge is 0.306 e. The van der Waals surface area contributed by atoms with Crippen LogP contribution in [0.25, 0.3) is 11.0 Å². The van der Waals surface area contributed by atoms with Crippen LogP contribution in [0.3, 0.4) is 0 Å². The van der Waals surface area contributed by atoms with Gasteiger partial charge in [0, 0.05) is 32.5 Å². The van der Waals surface area contributed by atoms with E-state index in [4.69, 9.17) is 0 Å². The first-order valence-corrected chi connectivity index (χ1v) is 7.15. The monoisotopic (exact) mass is 273 g/mol. The van der Waals surface area contributed by atoms with Gasteiger partial charge in [0.2, 0.25) is 0 Å². The van der Waals surface area contributed by atoms with Crippen molar-refractivity contribution in [3.05, 3.63) is 34.7 Å². The zero-order chi connectivity index (χ0) is 13.9. The van der Waals surface area contributed by atoms with E-state index < -0.39 is 0 Å². The summed E-state index contributed by atoms with van der Waals surface area (Å²) < 4.78 is 1.80. The summed E-state index contributed by atoms with van der Waals surface area (Å²) in [5.74, 6) is 0.370. The largest absolute Gasteiger partial charge is 0.326 e. The molecule has 106 valence electrons. The molecule has 2 heterocycles. The molecular formula is C15H19N3O2. The fourth-order valence-corrected chi connectivity index (χ4v) is 2.81. The number of carbonyl (C=O) groups is 1. The average Bonchev–Trinajstić information content (AvgIpc) is 2.77. The van der Waals surface area contributed by atoms with Gasteiger partial charge >= 0.3 is 5.69 Å². The van der Waals surface area contributed by atoms with E-state index in [0.717, 1.165) is 37.1 Å². The Kier molecular flexibility index (Phi) is 3.69. The molecule has 0 unspecified atom stereocenters. The maximum absolute atomic E-state index is 11.9. The number of hydrogen-bond donors (Lipinski definition) is 1. The summed E-state index contributed by atoms with van der Waals surface area (Å²) in [6.45, 7) is 3.38. The minimum Gasteiger partial charge on any atom is -0.306 e. The van der Waals surface area contributed by atoms with Gasteiger partial charge in [0.15, 0.2) is 0 Å². The van der Waals surface area contributed by atoms with E-state index in [1.807, 2.05) is 24.3 Å². The third-order valence-corrected chi connectivity index (χ3v) is 3.95. The predicted octanol–water partition coefficient (Wildman–Crippen LogP) is 1.38. The third-order valence-electron chi connectivity index (χ3n) is 3.95. The SMILES string of the molecule is O=C1CCN(CCCn2c(=O)[nH]c3ccccc32)CC1. The van der Waals surface area contributed by atoms with Gasteiger partial charge in [-0.25, -0.2) is 4.79 Å². The van der Waals surface area contributed by atoms with Crippen molar-refractivity contribution in [3.63, 3.8) is 0 Å². The molecule has 1 aliphatic rings. The second kappa shape index (κ2) is 5.63. The van der Waals surface area contributed by atoms with Gasteiger partial charge in [0.25, 0.3) is 0 Å². The van der Waals surface area contributed by atoms with E-state index >= 15 is 0 Å². The van der Waals surface area contributed by atoms with Gasteiger partial charge in [-0.1, -0.05) is 12.1 Å². The molecule has 20 heavy (non-hydrogen) atoms. The van der Waals surface area contributed by atoms with Crippen LogP contribution < -0.4 is 5.69 Å². The zero-order valence-electron chi connectivity index (χ0n) is 11.5. The minimum absolute atomic E-state index is 0.0416. The summed E-state index contributed by atoms with van der Waals surface area (Å²) in [7, 11) is 0. The number of rotatable bonds is 4. The Morgan fingerprint density at radius 3 is 2.60 bits per heavy atom. The van der Waals surface area contributed by atoms with Crippen molar-refractivity contribution in [2.24, 2.45) is 0 Å². The van der Waals surface area contributed by atoms with Gasteiger partial charge in [0.1, 0.15) is 5.78 Å². The highest BCUT2D eigenvalue weighted by molar-refractivity contribution is 5.79. The predicted molar refractivity (Wildman–Crippen MR) is 77.9 cm³/mol. The summed E-state index contributed by atoms with van der Waals surface area (Å²) in [6, 6.07) is 7.76. The van der Waals surface area contributed by atoms with E-state index in [2.05, 4.69) is 9.88 Å². The summed E-state index contributed by atoms with van der Waals surface area (Å²) in [5, 5.41) is 0. The lowest BCUT2D eigenvalue weighted by molar-refractivity contribution is -0.121. The summed E-state index contributed by atoms with van der Waals surface area (Å²) in [4.78, 5) is 28.3. The molecule has 0 spiro atoms. The molecule has 1 aromatic heterocycles. The number of H-pyrrole nitrogens is 1. The molecule has 0 bridgehead atoms. The number of Topliss-reactive ketones (excluding diaryl/α,β-unsaturated/α-hetero) is 1. The van der Waals surface area contributed by atoms with E-state index in [0.29, 0.717) is 25.2 Å². The van der Waals surface area contributed by atoms with Gasteiger partial charge in [0.05, 0.1) is 11.0 Å². The molecule has 1 saturated heterocycles. The highest BCUT2D eigenvalue weighted by atomic mass is 16.1. The lowest BCUT2D eigenvalue weighted by Crippen LogP contribution is -2.35. The number of piperidine rings is 1. The number of aryl methyl sites for hydroxylation is 1. The molecule has 3 rings (SSSR count). The number of aromatic amines is 1. The van der Waals surface area contributed by atoms with E-state index in [1.54, 1.807) is 4.57 Å². The van der Waals surface area contributed by atoms with Crippen molar-refractivity contribution in [2.45, 2.75) is 25.8 Å². The highest BCUT2D eigenvalue weighted by Crippen LogP contribution is 2.10. The molecule has 5 nitrogen and oxygen atoms in total. The van der Waals surface area contributed by atoms with Crippen LogP contribution in [-0.2, 0) is 11.3 Å². The Hall–Kier alpha value is -1.88. The number of aromatic nitrogens is 2. The standard InChI is InChI=1S/C15H19N3O2/c19-12-6-10-17(11-7-12)8-3-9-18-14-5-2-1-4-13(14)16-15(18)20/h1-2,4-5H,3,6-11H2,(H,16,20). The number of imidazole rings is 1. The van der Waals surface area contributed by atoms with Crippen LogP contribution in [0.1, 0.15) is 19.3 Å². The fraction of sp³-hybridized carbons (Fsp3) is 0.467. The molecule has 0 amide bonds. The Labute approximate surface area is 117 Å². The number of benzene rings is 1. The summed E-state index contributed by atoms with van der Waals surface area (Å²) in [5.41, 5.74) is 1.81. The number of likely N-dealkylation sites (tertiary alicyclic amines) is 1. The van der Waals surface area contributed by atoms with Crippen molar-refractivity contribution in [1.82, 2.24) is 14.5 Å². The van der Waals surface area contributed by atoms with E-state index in [9.17, 15) is 9.59 Å². The van der Waals surface area contributed by atoms with Gasteiger partial charge in [-0.3, -0.25) is 9.36 Å². The number of ketones is 1. The molecule has 2 aromatic rings. The molecule has 0 aliphatic carbocycles. The molecule has 1 fully saturated rings. The quantitative estimate of drug-likeness (QED) is 0.915. The van der Waals surface area contributed by atoms with Crippen LogP contribution in [0.4, 0.5) is 0 Å². The van der Waals surface area contributed by atoms with Crippen LogP contribution in [0, 0.1) is 0 Å². The molecule has 1 aromatic carbocycles. The summed E-state index contributed by atoms with van der Waals surface area (Å²) >= 11 is 0. The average molecular weight is 273 g/mol. The van der Waals surface area contributed by atoms with Gasteiger partial charge in [-0.05, 0) is 25.1 Å². The Balaban J connectivity index is 1.61. The van der Waals surface area contributed by atoms with E-state index in [-0.39, 0.29) is 5.69 Å². The zero-order valence-corrected chi connectivity index (χ0v) is 11.5. The van der Waals surface area contributed by atoms with Gasteiger partial charge in [-0.15, -0.1) is 0 Å². The number of para-hydroxylation sites is 2. The Morgan fingerprint density at radius 1 is 1.05 bits per heavy atom. The molecule has 0 radical (unpaired) electrons. The Bertz CT molecular complexity index is 661. The normalized spacial score (nSPS) is 16.9. The second-order valence-corrected chi connectivity index (χ2v) is 5.33. The highest BCUT2D eigenvalue weighted by Gasteiger charge is 2.15. The molecule has 5 heteroatoms. The lowest BCUT2D eigenvalue weighted by Gasteiger charge is -2.25. The van der Waals surface area contributed by atoms with Crippen LogP contribution in [0.15, 0.2) is 29.1 Å². The number of nitrogens with zero attached hydrogens (tertiary/aromatic N) is 2. The molecule has 0 saturated carbocycles. The molecule has 0 atom stereocenters. The van der Waals surface area contributed by atoms with Crippen molar-refractivity contribution >= 4 is 16.8 Å². The van der Waals surface area contributed by atoms with Crippen molar-refractivity contribution in [3.8, 4) is 0 Å². The number of hydrogen-bond acceptors (Lipinski definition) is 3. The lowest BCUT2D eigenvalue weighted by atomic mass is 10.1. The van der Waals surface area contributed by atoms with Crippen LogP contribution >= 0.6 is 0 Å². The van der Waals surface area contributed by atoms with Crippen LogP contribution in [0.5, 0.6) is 0 Å². The maximum atomic E-state index is 11.9. The van der Waals surface area contributed by atoms with Gasteiger partial charge < -0.3 is 9.88 Å². The van der Waals surface area contributed by atoms with Crippen molar-refractivity contribution in [2.75, 3.05) is 19.6 Å². The first-order chi connectivity index (χ1) is 9.74. The maximum Gasteiger partial charge on any atom is 0.326 e. The summed E-state index contributed by atoms with van der Waals surface area (Å²) in [6.07, 6.45) is 2.27. The number of carbonyl (C=O) groups excluding carboxylic acids is 1. The van der Waals surface area contributed by atoms with Crippen molar-refractivity contribution < 1.29 is 4.79 Å². The van der Waals surface area contributed by atoms with Crippen LogP contribution in [0.2, 0.25) is 0 Å². The number of nitrogens with one attached hydrogen (secondary N) is 1. The molecular weight excluding hydrogens is 254 g/mol.